The van der Waals surface area contributed by atoms with Crippen LogP contribution in [-0.4, -0.2) is 31.8 Å². The quantitative estimate of drug-likeness (QED) is 0.761. The van der Waals surface area contributed by atoms with E-state index in [2.05, 4.69) is 26.5 Å². The van der Waals surface area contributed by atoms with Gasteiger partial charge in [-0.25, -0.2) is 4.98 Å². The molecule has 2 aliphatic heterocycles. The van der Waals surface area contributed by atoms with Crippen LogP contribution in [0.5, 0.6) is 0 Å². The number of rotatable bonds is 2. The highest BCUT2D eigenvalue weighted by molar-refractivity contribution is 5.86. The zero-order valence-electron chi connectivity index (χ0n) is 12.5. The second-order valence-electron chi connectivity index (χ2n) is 6.04. The Labute approximate surface area is 128 Å². The van der Waals surface area contributed by atoms with Gasteiger partial charge in [0.1, 0.15) is 5.82 Å². The predicted molar refractivity (Wildman–Crippen MR) is 85.6 cm³/mol. The summed E-state index contributed by atoms with van der Waals surface area (Å²) in [6, 6.07) is 0.942. The molecule has 0 aliphatic carbocycles. The molecule has 2 atom stereocenters. The van der Waals surface area contributed by atoms with Gasteiger partial charge in [0.15, 0.2) is 0 Å². The van der Waals surface area contributed by atoms with Crippen LogP contribution in [0.15, 0.2) is 18.5 Å². The van der Waals surface area contributed by atoms with Crippen LogP contribution in [0.2, 0.25) is 0 Å². The van der Waals surface area contributed by atoms with E-state index in [1.807, 2.05) is 13.2 Å². The number of aryl methyl sites for hydroxylation is 1. The lowest BCUT2D eigenvalue weighted by Gasteiger charge is -2.22. The molecule has 4 rings (SSSR count). The van der Waals surface area contributed by atoms with E-state index < -0.39 is 0 Å². The molecule has 7 heteroatoms. The lowest BCUT2D eigenvalue weighted by Crippen LogP contribution is -2.32. The summed E-state index contributed by atoms with van der Waals surface area (Å²) >= 11 is 0. The summed E-state index contributed by atoms with van der Waals surface area (Å²) in [6.07, 6.45) is 9.27. The Morgan fingerprint density at radius 3 is 2.86 bits per heavy atom. The number of fused-ring (bicyclic) bond motifs is 2. The zero-order chi connectivity index (χ0) is 15.3. The van der Waals surface area contributed by atoms with Crippen molar-refractivity contribution in [2.75, 3.05) is 11.5 Å². The van der Waals surface area contributed by atoms with E-state index in [1.165, 1.54) is 18.4 Å². The van der Waals surface area contributed by atoms with Gasteiger partial charge in [0.25, 0.3) is 0 Å². The highest BCUT2D eigenvalue weighted by Gasteiger charge is 2.30. The molecule has 2 unspecified atom stereocenters. The van der Waals surface area contributed by atoms with Gasteiger partial charge in [-0.05, 0) is 24.8 Å². The molecule has 0 radical (unpaired) electrons. The maximum absolute atomic E-state index is 6.14. The summed E-state index contributed by atoms with van der Waals surface area (Å²) in [7, 11) is 1.88. The van der Waals surface area contributed by atoms with Crippen molar-refractivity contribution < 1.29 is 0 Å². The standard InChI is InChI=1S/C15H19N7/c1-22-7-9(6-18-22)12-13(20-15(17)21-14(12)16)8-4-10-2-3-11(5-8)19-10/h4,6-7,10-11,19H,2-3,5H2,1H3,(H4,16,17,20,21). The third-order valence-electron chi connectivity index (χ3n) is 4.40. The zero-order valence-corrected chi connectivity index (χ0v) is 12.5. The Kier molecular flexibility index (Phi) is 2.90. The predicted octanol–water partition coefficient (Wildman–Crippen LogP) is 0.949. The van der Waals surface area contributed by atoms with Crippen molar-refractivity contribution in [1.29, 1.82) is 0 Å². The Morgan fingerprint density at radius 1 is 1.27 bits per heavy atom. The fourth-order valence-corrected chi connectivity index (χ4v) is 3.46. The molecule has 5 N–H and O–H groups in total. The van der Waals surface area contributed by atoms with Gasteiger partial charge in [-0.3, -0.25) is 4.68 Å². The van der Waals surface area contributed by atoms with Gasteiger partial charge in [0, 0.05) is 30.9 Å². The first-order valence-corrected chi connectivity index (χ1v) is 7.49. The first-order valence-electron chi connectivity index (χ1n) is 7.49. The van der Waals surface area contributed by atoms with E-state index in [1.54, 1.807) is 10.9 Å². The summed E-state index contributed by atoms with van der Waals surface area (Å²) in [5, 5.41) is 7.81. The number of nitrogen functional groups attached to an aromatic ring is 2. The molecule has 1 saturated heterocycles. The van der Waals surface area contributed by atoms with Crippen LogP contribution in [0.1, 0.15) is 25.0 Å². The molecule has 0 spiro atoms. The van der Waals surface area contributed by atoms with E-state index in [-0.39, 0.29) is 5.95 Å². The molecule has 1 fully saturated rings. The molecule has 2 aromatic rings. The van der Waals surface area contributed by atoms with E-state index in [0.717, 1.165) is 23.2 Å². The van der Waals surface area contributed by atoms with Gasteiger partial charge in [-0.2, -0.15) is 10.1 Å². The second kappa shape index (κ2) is 4.81. The van der Waals surface area contributed by atoms with Gasteiger partial charge < -0.3 is 16.8 Å². The van der Waals surface area contributed by atoms with Gasteiger partial charge in [-0.15, -0.1) is 0 Å². The third-order valence-corrected chi connectivity index (χ3v) is 4.40. The highest BCUT2D eigenvalue weighted by Crippen LogP contribution is 2.37. The van der Waals surface area contributed by atoms with Gasteiger partial charge >= 0.3 is 0 Å². The summed E-state index contributed by atoms with van der Waals surface area (Å²) in [6.45, 7) is 0. The van der Waals surface area contributed by atoms with Gasteiger partial charge in [0.05, 0.1) is 17.5 Å². The lowest BCUT2D eigenvalue weighted by atomic mass is 9.95. The molecule has 2 aliphatic rings. The van der Waals surface area contributed by atoms with E-state index in [4.69, 9.17) is 11.5 Å². The van der Waals surface area contributed by atoms with E-state index in [9.17, 15) is 0 Å². The molecule has 7 nitrogen and oxygen atoms in total. The van der Waals surface area contributed by atoms with Crippen molar-refractivity contribution in [3.8, 4) is 11.1 Å². The smallest absolute Gasteiger partial charge is 0.222 e. The van der Waals surface area contributed by atoms with Crippen molar-refractivity contribution in [3.05, 3.63) is 24.2 Å². The van der Waals surface area contributed by atoms with Crippen LogP contribution in [0.25, 0.3) is 16.7 Å². The topological polar surface area (TPSA) is 108 Å². The molecule has 4 heterocycles. The number of anilines is 2. The van der Waals surface area contributed by atoms with Crippen LogP contribution in [0.4, 0.5) is 11.8 Å². The average molecular weight is 297 g/mol. The molecule has 0 aromatic carbocycles. The normalized spacial score (nSPS) is 23.6. The number of hydrogen-bond donors (Lipinski definition) is 3. The van der Waals surface area contributed by atoms with Crippen molar-refractivity contribution in [3.63, 3.8) is 0 Å². The van der Waals surface area contributed by atoms with Crippen LogP contribution in [-0.2, 0) is 7.05 Å². The number of nitrogens with one attached hydrogen (secondary N) is 1. The van der Waals surface area contributed by atoms with Crippen molar-refractivity contribution >= 4 is 17.3 Å². The largest absolute Gasteiger partial charge is 0.383 e. The lowest BCUT2D eigenvalue weighted by molar-refractivity contribution is 0.574. The first-order chi connectivity index (χ1) is 10.6. The number of aromatic nitrogens is 4. The molecule has 2 aromatic heterocycles. The monoisotopic (exact) mass is 297 g/mol. The molecule has 22 heavy (non-hydrogen) atoms. The maximum atomic E-state index is 6.14. The first kappa shape index (κ1) is 13.3. The molecular weight excluding hydrogens is 278 g/mol. The highest BCUT2D eigenvalue weighted by atomic mass is 15.2. The average Bonchev–Trinajstić information content (AvgIpc) is 3.03. The Morgan fingerprint density at radius 2 is 2.14 bits per heavy atom. The fourth-order valence-electron chi connectivity index (χ4n) is 3.46. The van der Waals surface area contributed by atoms with Gasteiger partial charge in [-0.1, -0.05) is 6.08 Å². The minimum absolute atomic E-state index is 0.215. The molecule has 114 valence electrons. The van der Waals surface area contributed by atoms with Crippen molar-refractivity contribution in [2.24, 2.45) is 7.05 Å². The summed E-state index contributed by atoms with van der Waals surface area (Å²) < 4.78 is 1.75. The summed E-state index contributed by atoms with van der Waals surface area (Å²) in [5.41, 5.74) is 15.8. The Bertz CT molecular complexity index is 761. The third kappa shape index (κ3) is 2.14. The van der Waals surface area contributed by atoms with Gasteiger partial charge in [0.2, 0.25) is 5.95 Å². The second-order valence-corrected chi connectivity index (χ2v) is 6.04. The van der Waals surface area contributed by atoms with E-state index in [0.29, 0.717) is 17.9 Å². The van der Waals surface area contributed by atoms with Crippen molar-refractivity contribution in [2.45, 2.75) is 31.3 Å². The Balaban J connectivity index is 1.88. The molecular formula is C15H19N7. The molecule has 2 bridgehead atoms. The molecule has 0 saturated carbocycles. The van der Waals surface area contributed by atoms with Crippen LogP contribution in [0.3, 0.4) is 0 Å². The molecule has 0 amide bonds. The SMILES string of the molecule is Cn1cc(-c2c(N)nc(N)nc2C2=CC3CCC(C2)N3)cn1. The summed E-state index contributed by atoms with van der Waals surface area (Å²) in [4.78, 5) is 8.63. The van der Waals surface area contributed by atoms with Crippen molar-refractivity contribution in [1.82, 2.24) is 25.1 Å². The van der Waals surface area contributed by atoms with E-state index >= 15 is 0 Å². The number of nitrogens with two attached hydrogens (primary N) is 2. The maximum Gasteiger partial charge on any atom is 0.222 e. The minimum Gasteiger partial charge on any atom is -0.383 e. The van der Waals surface area contributed by atoms with Crippen LogP contribution < -0.4 is 16.8 Å². The Hall–Kier alpha value is -2.41. The van der Waals surface area contributed by atoms with Crippen LogP contribution >= 0.6 is 0 Å². The number of nitrogens with zero attached hydrogens (tertiary/aromatic N) is 4. The number of hydrogen-bond acceptors (Lipinski definition) is 6. The fraction of sp³-hybridized carbons (Fsp3) is 0.400. The minimum atomic E-state index is 0.215. The summed E-state index contributed by atoms with van der Waals surface area (Å²) in [5.74, 6) is 0.620. The van der Waals surface area contributed by atoms with Crippen LogP contribution in [0, 0.1) is 0 Å².